The standard InChI is InChI=1S/C36H52N4O6/c1-26(2)39(36(42)29-10-13-33(44-4)34(20-29)46-17-5-16-43-3)24-30-21-37-22-31(30)25-40(32-11-12-32)35(41)28-8-6-27(7-9-28)23-38-14-18-45-19-15-38/h6-10,13,20,26,30-32,37H,5,11-12,14-19,21-25H2,1-4H3/t30-,31+/m0/s1. The summed E-state index contributed by atoms with van der Waals surface area (Å²) in [6.07, 6.45) is 2.85. The number of benzene rings is 2. The molecule has 46 heavy (non-hydrogen) atoms. The highest BCUT2D eigenvalue weighted by molar-refractivity contribution is 5.95. The summed E-state index contributed by atoms with van der Waals surface area (Å²) in [5.74, 6) is 1.73. The molecule has 0 aromatic heterocycles. The summed E-state index contributed by atoms with van der Waals surface area (Å²) >= 11 is 0. The third-order valence-electron chi connectivity index (χ3n) is 9.35. The highest BCUT2D eigenvalue weighted by atomic mass is 16.5. The fourth-order valence-corrected chi connectivity index (χ4v) is 6.44. The van der Waals surface area contributed by atoms with E-state index in [1.54, 1.807) is 26.4 Å². The van der Waals surface area contributed by atoms with Gasteiger partial charge in [0.1, 0.15) is 0 Å². The molecule has 2 atom stereocenters. The van der Waals surface area contributed by atoms with Gasteiger partial charge >= 0.3 is 0 Å². The Kier molecular flexibility index (Phi) is 12.3. The van der Waals surface area contributed by atoms with Crippen molar-refractivity contribution in [3.8, 4) is 11.5 Å². The Bertz CT molecular complexity index is 1280. The Balaban J connectivity index is 1.23. The molecule has 1 aliphatic carbocycles. The highest BCUT2D eigenvalue weighted by Gasteiger charge is 2.39. The largest absolute Gasteiger partial charge is 0.493 e. The van der Waals surface area contributed by atoms with Crippen LogP contribution >= 0.6 is 0 Å². The molecule has 5 rings (SSSR count). The summed E-state index contributed by atoms with van der Waals surface area (Å²) in [6, 6.07) is 13.9. The van der Waals surface area contributed by atoms with E-state index in [9.17, 15) is 9.59 Å². The van der Waals surface area contributed by atoms with Crippen molar-refractivity contribution in [2.45, 2.75) is 51.7 Å². The smallest absolute Gasteiger partial charge is 0.254 e. The molecule has 2 amide bonds. The molecule has 0 spiro atoms. The molecule has 2 heterocycles. The maximum Gasteiger partial charge on any atom is 0.254 e. The number of nitrogens with one attached hydrogen (secondary N) is 1. The molecular weight excluding hydrogens is 584 g/mol. The second kappa shape index (κ2) is 16.6. The van der Waals surface area contributed by atoms with Gasteiger partial charge in [0, 0.05) is 89.2 Å². The van der Waals surface area contributed by atoms with E-state index < -0.39 is 0 Å². The molecule has 0 radical (unpaired) electrons. The van der Waals surface area contributed by atoms with Crippen LogP contribution in [0, 0.1) is 11.8 Å². The molecule has 0 bridgehead atoms. The molecule has 252 valence electrons. The minimum Gasteiger partial charge on any atom is -0.493 e. The van der Waals surface area contributed by atoms with Crippen LogP contribution in [0.5, 0.6) is 11.5 Å². The second-order valence-electron chi connectivity index (χ2n) is 13.1. The molecule has 10 heteroatoms. The summed E-state index contributed by atoms with van der Waals surface area (Å²) in [4.78, 5) is 34.2. The van der Waals surface area contributed by atoms with E-state index in [1.165, 1.54) is 5.56 Å². The number of nitrogens with zero attached hydrogens (tertiary/aromatic N) is 3. The zero-order valence-corrected chi connectivity index (χ0v) is 28.0. The number of hydrogen-bond donors (Lipinski definition) is 1. The van der Waals surface area contributed by atoms with Gasteiger partial charge in [0.25, 0.3) is 11.8 Å². The van der Waals surface area contributed by atoms with Crippen LogP contribution in [0.3, 0.4) is 0 Å². The van der Waals surface area contributed by atoms with Gasteiger partial charge in [0.15, 0.2) is 11.5 Å². The normalized spacial score (nSPS) is 20.1. The number of ether oxygens (including phenoxy) is 4. The fourth-order valence-electron chi connectivity index (χ4n) is 6.44. The van der Waals surface area contributed by atoms with E-state index in [2.05, 4.69) is 41.1 Å². The Morgan fingerprint density at radius 1 is 0.913 bits per heavy atom. The van der Waals surface area contributed by atoms with Gasteiger partial charge in [0.05, 0.1) is 26.9 Å². The zero-order valence-electron chi connectivity index (χ0n) is 28.0. The van der Waals surface area contributed by atoms with Crippen LogP contribution in [0.15, 0.2) is 42.5 Å². The van der Waals surface area contributed by atoms with Crippen LogP contribution in [0.1, 0.15) is 59.4 Å². The van der Waals surface area contributed by atoms with Crippen molar-refractivity contribution in [1.29, 1.82) is 0 Å². The lowest BCUT2D eigenvalue weighted by Crippen LogP contribution is -2.45. The molecule has 0 unspecified atom stereocenters. The summed E-state index contributed by atoms with van der Waals surface area (Å²) in [5, 5.41) is 3.56. The lowest BCUT2D eigenvalue weighted by molar-refractivity contribution is 0.0342. The molecule has 1 N–H and O–H groups in total. The fraction of sp³-hybridized carbons (Fsp3) is 0.611. The number of carbonyl (C=O) groups is 2. The topological polar surface area (TPSA) is 92.8 Å². The van der Waals surface area contributed by atoms with Crippen molar-refractivity contribution < 1.29 is 28.5 Å². The lowest BCUT2D eigenvalue weighted by Gasteiger charge is -2.34. The van der Waals surface area contributed by atoms with E-state index >= 15 is 0 Å². The van der Waals surface area contributed by atoms with Crippen LogP contribution in [0.2, 0.25) is 0 Å². The Morgan fingerprint density at radius 2 is 1.61 bits per heavy atom. The van der Waals surface area contributed by atoms with Crippen LogP contribution in [0.25, 0.3) is 0 Å². The van der Waals surface area contributed by atoms with E-state index in [1.807, 2.05) is 23.1 Å². The van der Waals surface area contributed by atoms with Crippen LogP contribution in [-0.2, 0) is 16.0 Å². The van der Waals surface area contributed by atoms with Crippen molar-refractivity contribution in [2.24, 2.45) is 11.8 Å². The molecule has 3 aliphatic rings. The summed E-state index contributed by atoms with van der Waals surface area (Å²) in [7, 11) is 3.27. The molecule has 2 saturated heterocycles. The first kappa shape index (κ1) is 34.2. The molecular formula is C36H52N4O6. The number of amides is 2. The number of hydrogen-bond acceptors (Lipinski definition) is 8. The molecule has 10 nitrogen and oxygen atoms in total. The third kappa shape index (κ3) is 9.00. The van der Waals surface area contributed by atoms with Crippen molar-refractivity contribution in [2.75, 3.05) is 79.9 Å². The van der Waals surface area contributed by atoms with Crippen LogP contribution < -0.4 is 14.8 Å². The van der Waals surface area contributed by atoms with Gasteiger partial charge in [-0.3, -0.25) is 14.5 Å². The first-order valence-electron chi connectivity index (χ1n) is 16.9. The van der Waals surface area contributed by atoms with Crippen molar-refractivity contribution >= 4 is 11.8 Å². The average molecular weight is 637 g/mol. The maximum absolute atomic E-state index is 13.9. The maximum atomic E-state index is 13.9. The van der Waals surface area contributed by atoms with E-state index in [-0.39, 0.29) is 29.7 Å². The molecule has 1 saturated carbocycles. The second-order valence-corrected chi connectivity index (χ2v) is 13.1. The van der Waals surface area contributed by atoms with E-state index in [0.29, 0.717) is 49.4 Å². The van der Waals surface area contributed by atoms with Crippen molar-refractivity contribution in [3.05, 3.63) is 59.2 Å². The SMILES string of the molecule is COCCCOc1cc(C(=O)N(C[C@@H]2CNC[C@@H]2CN(C(=O)c2ccc(CN3CCOCC3)cc2)C2CC2)C(C)C)ccc1OC. The molecule has 2 aromatic carbocycles. The quantitative estimate of drug-likeness (QED) is 0.277. The van der Waals surface area contributed by atoms with Gasteiger partial charge in [-0.05, 0) is 74.4 Å². The first-order chi connectivity index (χ1) is 22.4. The Morgan fingerprint density at radius 3 is 2.26 bits per heavy atom. The molecule has 2 aromatic rings. The Hall–Kier alpha value is -3.18. The molecule has 2 aliphatic heterocycles. The van der Waals surface area contributed by atoms with Gasteiger partial charge in [-0.2, -0.15) is 0 Å². The highest BCUT2D eigenvalue weighted by Crippen LogP contribution is 2.33. The van der Waals surface area contributed by atoms with Crippen molar-refractivity contribution in [3.63, 3.8) is 0 Å². The van der Waals surface area contributed by atoms with Gasteiger partial charge < -0.3 is 34.1 Å². The zero-order chi connectivity index (χ0) is 32.5. The van der Waals surface area contributed by atoms with Crippen LogP contribution in [-0.4, -0.2) is 119 Å². The van der Waals surface area contributed by atoms with E-state index in [0.717, 1.165) is 70.8 Å². The van der Waals surface area contributed by atoms with Crippen molar-refractivity contribution in [1.82, 2.24) is 20.0 Å². The molecule has 3 fully saturated rings. The summed E-state index contributed by atoms with van der Waals surface area (Å²) < 4.78 is 22.0. The number of rotatable bonds is 16. The number of methoxy groups -OCH3 is 2. The summed E-state index contributed by atoms with van der Waals surface area (Å²) in [6.45, 7) is 12.5. The van der Waals surface area contributed by atoms with Gasteiger partial charge in [-0.25, -0.2) is 0 Å². The minimum atomic E-state index is -0.0302. The summed E-state index contributed by atoms with van der Waals surface area (Å²) in [5.41, 5.74) is 2.54. The number of morpholine rings is 1. The van der Waals surface area contributed by atoms with Gasteiger partial charge in [-0.1, -0.05) is 12.1 Å². The minimum absolute atomic E-state index is 0.0130. The Labute approximate surface area is 274 Å². The predicted octanol–water partition coefficient (Wildman–Crippen LogP) is 3.93. The number of carbonyl (C=O) groups excluding carboxylic acids is 2. The predicted molar refractivity (Wildman–Crippen MR) is 178 cm³/mol. The van der Waals surface area contributed by atoms with Crippen LogP contribution in [0.4, 0.5) is 0 Å². The van der Waals surface area contributed by atoms with Gasteiger partial charge in [0.2, 0.25) is 0 Å². The van der Waals surface area contributed by atoms with Gasteiger partial charge in [-0.15, -0.1) is 0 Å². The van der Waals surface area contributed by atoms with E-state index in [4.69, 9.17) is 18.9 Å². The lowest BCUT2D eigenvalue weighted by atomic mass is 9.93. The third-order valence-corrected chi connectivity index (χ3v) is 9.35. The average Bonchev–Trinajstić information content (AvgIpc) is 3.82. The first-order valence-corrected chi connectivity index (χ1v) is 16.9. The monoisotopic (exact) mass is 636 g/mol.